The summed E-state index contributed by atoms with van der Waals surface area (Å²) in [5.74, 6) is 0.950. The van der Waals surface area contributed by atoms with E-state index >= 15 is 0 Å². The molecule has 0 spiro atoms. The normalized spacial score (nSPS) is 14.8. The number of nitrogens with two attached hydrogens (primary N) is 1. The first kappa shape index (κ1) is 12.8. The number of ether oxygens (including phenoxy) is 1. The fourth-order valence-corrected chi connectivity index (χ4v) is 2.23. The van der Waals surface area contributed by atoms with Gasteiger partial charge in [-0.05, 0) is 18.9 Å². The number of benzene rings is 1. The minimum absolute atomic E-state index is 0.151. The van der Waals surface area contributed by atoms with Crippen molar-refractivity contribution in [1.29, 1.82) is 0 Å². The van der Waals surface area contributed by atoms with Gasteiger partial charge in [0.05, 0.1) is 12.2 Å². The van der Waals surface area contributed by atoms with Gasteiger partial charge in [-0.15, -0.1) is 5.10 Å². The zero-order valence-electron chi connectivity index (χ0n) is 10.7. The SMILES string of the molecule is Nc1nnn(Cc2ccccc2OC(F)F)c1C1CC1. The molecule has 106 valence electrons. The Morgan fingerprint density at radius 3 is 2.80 bits per heavy atom. The molecule has 0 saturated heterocycles. The number of hydrogen-bond acceptors (Lipinski definition) is 4. The lowest BCUT2D eigenvalue weighted by Gasteiger charge is -2.11. The van der Waals surface area contributed by atoms with E-state index in [-0.39, 0.29) is 5.75 Å². The summed E-state index contributed by atoms with van der Waals surface area (Å²) in [5.41, 5.74) is 7.32. The summed E-state index contributed by atoms with van der Waals surface area (Å²) in [7, 11) is 0. The molecule has 0 atom stereocenters. The van der Waals surface area contributed by atoms with Crippen LogP contribution < -0.4 is 10.5 Å². The van der Waals surface area contributed by atoms with Crippen LogP contribution in [-0.4, -0.2) is 21.6 Å². The highest BCUT2D eigenvalue weighted by Gasteiger charge is 2.30. The Kier molecular flexibility index (Phi) is 3.25. The van der Waals surface area contributed by atoms with Crippen LogP contribution in [0.15, 0.2) is 24.3 Å². The van der Waals surface area contributed by atoms with Gasteiger partial charge in [0.15, 0.2) is 5.82 Å². The van der Waals surface area contributed by atoms with Crippen molar-refractivity contribution >= 4 is 5.82 Å². The maximum Gasteiger partial charge on any atom is 0.387 e. The van der Waals surface area contributed by atoms with E-state index in [0.717, 1.165) is 18.5 Å². The fourth-order valence-electron chi connectivity index (χ4n) is 2.23. The van der Waals surface area contributed by atoms with E-state index in [0.29, 0.717) is 23.8 Å². The van der Waals surface area contributed by atoms with Crippen LogP contribution in [0.2, 0.25) is 0 Å². The Hall–Kier alpha value is -2.18. The van der Waals surface area contributed by atoms with Gasteiger partial charge < -0.3 is 10.5 Å². The van der Waals surface area contributed by atoms with Gasteiger partial charge in [0, 0.05) is 11.5 Å². The quantitative estimate of drug-likeness (QED) is 0.913. The third-order valence-electron chi connectivity index (χ3n) is 3.27. The number of alkyl halides is 2. The average molecular weight is 280 g/mol. The summed E-state index contributed by atoms with van der Waals surface area (Å²) in [5, 5.41) is 7.86. The van der Waals surface area contributed by atoms with Crippen molar-refractivity contribution in [2.45, 2.75) is 31.9 Å². The number of para-hydroxylation sites is 1. The van der Waals surface area contributed by atoms with Crippen LogP contribution in [0.1, 0.15) is 30.0 Å². The summed E-state index contributed by atoms with van der Waals surface area (Å²) in [6.45, 7) is -2.53. The summed E-state index contributed by atoms with van der Waals surface area (Å²) in [4.78, 5) is 0. The van der Waals surface area contributed by atoms with Crippen molar-refractivity contribution in [3.05, 3.63) is 35.5 Å². The van der Waals surface area contributed by atoms with Crippen LogP contribution in [0.4, 0.5) is 14.6 Å². The minimum Gasteiger partial charge on any atom is -0.434 e. The van der Waals surface area contributed by atoms with E-state index in [4.69, 9.17) is 5.73 Å². The molecule has 5 nitrogen and oxygen atoms in total. The minimum atomic E-state index is -2.85. The molecule has 0 bridgehead atoms. The highest BCUT2D eigenvalue weighted by molar-refractivity contribution is 5.40. The lowest BCUT2D eigenvalue weighted by molar-refractivity contribution is -0.0505. The molecule has 1 aliphatic carbocycles. The first-order valence-electron chi connectivity index (χ1n) is 6.36. The third-order valence-corrected chi connectivity index (χ3v) is 3.27. The molecule has 0 amide bonds. The van der Waals surface area contributed by atoms with Crippen molar-refractivity contribution in [3.63, 3.8) is 0 Å². The van der Waals surface area contributed by atoms with Gasteiger partial charge in [-0.2, -0.15) is 8.78 Å². The number of aromatic nitrogens is 3. The van der Waals surface area contributed by atoms with Crippen LogP contribution >= 0.6 is 0 Å². The molecule has 20 heavy (non-hydrogen) atoms. The van der Waals surface area contributed by atoms with E-state index in [1.807, 2.05) is 0 Å². The standard InChI is InChI=1S/C13H14F2N4O/c14-13(15)20-10-4-2-1-3-9(10)7-19-11(8-5-6-8)12(16)17-18-19/h1-4,8,13H,5-7,16H2. The van der Waals surface area contributed by atoms with E-state index in [2.05, 4.69) is 15.0 Å². The molecule has 0 aliphatic heterocycles. The zero-order chi connectivity index (χ0) is 14.1. The molecular formula is C13H14F2N4O. The number of anilines is 1. The Bertz CT molecular complexity index is 610. The highest BCUT2D eigenvalue weighted by Crippen LogP contribution is 2.42. The van der Waals surface area contributed by atoms with E-state index in [9.17, 15) is 8.78 Å². The maximum absolute atomic E-state index is 12.4. The van der Waals surface area contributed by atoms with Crippen molar-refractivity contribution in [2.75, 3.05) is 5.73 Å². The Balaban J connectivity index is 1.88. The summed E-state index contributed by atoms with van der Waals surface area (Å²) in [6, 6.07) is 6.66. The second kappa shape index (κ2) is 5.07. The smallest absolute Gasteiger partial charge is 0.387 e. The van der Waals surface area contributed by atoms with Gasteiger partial charge in [0.25, 0.3) is 0 Å². The lowest BCUT2D eigenvalue weighted by Crippen LogP contribution is -2.10. The molecule has 2 N–H and O–H groups in total. The molecule has 1 aromatic heterocycles. The largest absolute Gasteiger partial charge is 0.434 e. The summed E-state index contributed by atoms with van der Waals surface area (Å²) >= 11 is 0. The Morgan fingerprint density at radius 1 is 1.35 bits per heavy atom. The van der Waals surface area contributed by atoms with Crippen LogP contribution in [-0.2, 0) is 6.54 Å². The van der Waals surface area contributed by atoms with Gasteiger partial charge in [0.2, 0.25) is 0 Å². The highest BCUT2D eigenvalue weighted by atomic mass is 19.3. The Morgan fingerprint density at radius 2 is 2.10 bits per heavy atom. The second-order valence-electron chi connectivity index (χ2n) is 4.78. The first-order valence-corrected chi connectivity index (χ1v) is 6.36. The van der Waals surface area contributed by atoms with Gasteiger partial charge >= 0.3 is 6.61 Å². The lowest BCUT2D eigenvalue weighted by atomic mass is 10.2. The average Bonchev–Trinajstić information content (AvgIpc) is 3.17. The molecule has 7 heteroatoms. The fraction of sp³-hybridized carbons (Fsp3) is 0.385. The predicted molar refractivity (Wildman–Crippen MR) is 68.6 cm³/mol. The van der Waals surface area contributed by atoms with E-state index in [1.54, 1.807) is 22.9 Å². The number of hydrogen-bond donors (Lipinski definition) is 1. The number of nitrogens with zero attached hydrogens (tertiary/aromatic N) is 3. The van der Waals surface area contributed by atoms with Crippen LogP contribution in [0, 0.1) is 0 Å². The topological polar surface area (TPSA) is 66.0 Å². The monoisotopic (exact) mass is 280 g/mol. The molecule has 2 aromatic rings. The van der Waals surface area contributed by atoms with Crippen LogP contribution in [0.25, 0.3) is 0 Å². The first-order chi connectivity index (χ1) is 9.65. The molecule has 1 aromatic carbocycles. The van der Waals surface area contributed by atoms with E-state index < -0.39 is 6.61 Å². The maximum atomic E-state index is 12.4. The predicted octanol–water partition coefficient (Wildman–Crippen LogP) is 2.39. The zero-order valence-corrected chi connectivity index (χ0v) is 10.7. The third kappa shape index (κ3) is 2.56. The molecule has 1 aliphatic rings. The van der Waals surface area contributed by atoms with Crippen molar-refractivity contribution in [2.24, 2.45) is 0 Å². The molecule has 0 radical (unpaired) electrons. The molecular weight excluding hydrogens is 266 g/mol. The van der Waals surface area contributed by atoms with Gasteiger partial charge in [-0.3, -0.25) is 0 Å². The van der Waals surface area contributed by atoms with Crippen molar-refractivity contribution in [3.8, 4) is 5.75 Å². The van der Waals surface area contributed by atoms with Crippen LogP contribution in [0.3, 0.4) is 0 Å². The van der Waals surface area contributed by atoms with Gasteiger partial charge in [0.1, 0.15) is 5.75 Å². The van der Waals surface area contributed by atoms with Crippen molar-refractivity contribution in [1.82, 2.24) is 15.0 Å². The number of halogens is 2. The molecule has 3 rings (SSSR count). The molecule has 0 unspecified atom stereocenters. The van der Waals surface area contributed by atoms with Gasteiger partial charge in [-0.25, -0.2) is 4.68 Å². The van der Waals surface area contributed by atoms with E-state index in [1.165, 1.54) is 6.07 Å². The van der Waals surface area contributed by atoms with Crippen molar-refractivity contribution < 1.29 is 13.5 Å². The van der Waals surface area contributed by atoms with Crippen LogP contribution in [0.5, 0.6) is 5.75 Å². The molecule has 1 fully saturated rings. The Labute approximate surface area is 114 Å². The summed E-state index contributed by atoms with van der Waals surface area (Å²) < 4.78 is 30.9. The summed E-state index contributed by atoms with van der Waals surface area (Å²) in [6.07, 6.45) is 2.12. The van der Waals surface area contributed by atoms with Gasteiger partial charge in [-0.1, -0.05) is 23.4 Å². The number of rotatable bonds is 5. The number of nitrogen functional groups attached to an aromatic ring is 1. The molecule has 1 heterocycles. The second-order valence-corrected chi connectivity index (χ2v) is 4.78. The molecule has 1 saturated carbocycles.